The van der Waals surface area contributed by atoms with Gasteiger partial charge in [-0.2, -0.15) is 5.10 Å². The van der Waals surface area contributed by atoms with E-state index in [-0.39, 0.29) is 5.91 Å². The van der Waals surface area contributed by atoms with Crippen LogP contribution in [0.25, 0.3) is 0 Å². The number of carbonyl (C=O) groups excluding carboxylic acids is 1. The Hall–Kier alpha value is -2.08. The summed E-state index contributed by atoms with van der Waals surface area (Å²) in [6.45, 7) is 0.400. The van der Waals surface area contributed by atoms with E-state index in [1.54, 1.807) is 41.2 Å². The smallest absolute Gasteiger partial charge is 0.258 e. The summed E-state index contributed by atoms with van der Waals surface area (Å²) in [5.74, 6) is 0.240. The molecule has 0 unspecified atom stereocenters. The number of aromatic nitrogens is 3. The zero-order valence-corrected chi connectivity index (χ0v) is 14.5. The molecule has 0 aliphatic heterocycles. The van der Waals surface area contributed by atoms with Crippen LogP contribution in [0.1, 0.15) is 15.9 Å². The number of hydrogen-bond acceptors (Lipinski definition) is 3. The van der Waals surface area contributed by atoms with Crippen molar-refractivity contribution in [3.63, 3.8) is 0 Å². The second-order valence-electron chi connectivity index (χ2n) is 4.93. The summed E-state index contributed by atoms with van der Waals surface area (Å²) >= 11 is 17.8. The van der Waals surface area contributed by atoms with Gasteiger partial charge in [0.25, 0.3) is 5.91 Å². The fourth-order valence-corrected chi connectivity index (χ4v) is 2.65. The number of nitrogens with one attached hydrogen (secondary N) is 1. The lowest BCUT2D eigenvalue weighted by atomic mass is 10.2. The van der Waals surface area contributed by atoms with Gasteiger partial charge in [-0.15, -0.1) is 0 Å². The third-order valence-electron chi connectivity index (χ3n) is 3.28. The molecule has 1 aromatic carbocycles. The van der Waals surface area contributed by atoms with Crippen molar-refractivity contribution in [1.82, 2.24) is 14.8 Å². The topological polar surface area (TPSA) is 59.8 Å². The van der Waals surface area contributed by atoms with Crippen LogP contribution in [-0.4, -0.2) is 20.7 Å². The molecule has 5 nitrogen and oxygen atoms in total. The Kier molecular flexibility index (Phi) is 5.04. The molecule has 0 aliphatic carbocycles. The molecule has 0 saturated heterocycles. The van der Waals surface area contributed by atoms with E-state index >= 15 is 0 Å². The Bertz CT molecular complexity index is 877. The molecule has 1 N–H and O–H groups in total. The minimum absolute atomic E-state index is 0.303. The Labute approximate surface area is 153 Å². The highest BCUT2D eigenvalue weighted by Gasteiger charge is 2.11. The Morgan fingerprint density at radius 3 is 2.67 bits per heavy atom. The zero-order chi connectivity index (χ0) is 17.1. The highest BCUT2D eigenvalue weighted by Crippen LogP contribution is 2.22. The number of rotatable bonds is 4. The van der Waals surface area contributed by atoms with Crippen LogP contribution >= 0.6 is 34.8 Å². The van der Waals surface area contributed by atoms with Crippen LogP contribution < -0.4 is 5.32 Å². The maximum atomic E-state index is 12.3. The number of amides is 1. The number of nitrogens with zero attached hydrogens (tertiary/aromatic N) is 3. The van der Waals surface area contributed by atoms with Crippen molar-refractivity contribution < 1.29 is 4.79 Å². The minimum Gasteiger partial charge on any atom is -0.307 e. The number of pyridine rings is 1. The van der Waals surface area contributed by atoms with Crippen LogP contribution in [0.15, 0.2) is 48.8 Å². The van der Waals surface area contributed by atoms with E-state index in [9.17, 15) is 4.79 Å². The molecule has 0 fully saturated rings. The van der Waals surface area contributed by atoms with Gasteiger partial charge in [0.05, 0.1) is 18.3 Å². The van der Waals surface area contributed by atoms with Gasteiger partial charge in [0.1, 0.15) is 11.0 Å². The maximum Gasteiger partial charge on any atom is 0.258 e. The number of hydrogen-bond donors (Lipinski definition) is 1. The molecule has 0 atom stereocenters. The van der Waals surface area contributed by atoms with Crippen molar-refractivity contribution in [1.29, 1.82) is 0 Å². The summed E-state index contributed by atoms with van der Waals surface area (Å²) in [4.78, 5) is 16.2. The first-order chi connectivity index (χ1) is 11.5. The lowest BCUT2D eigenvalue weighted by molar-refractivity contribution is 0.102. The lowest BCUT2D eigenvalue weighted by Crippen LogP contribution is -2.16. The van der Waals surface area contributed by atoms with Gasteiger partial charge in [0, 0.05) is 22.3 Å². The lowest BCUT2D eigenvalue weighted by Gasteiger charge is -2.10. The van der Waals surface area contributed by atoms with Gasteiger partial charge in [-0.3, -0.25) is 4.79 Å². The summed E-state index contributed by atoms with van der Waals surface area (Å²) < 4.78 is 1.64. The van der Waals surface area contributed by atoms with Gasteiger partial charge in [-0.25, -0.2) is 9.67 Å². The predicted octanol–water partition coefficient (Wildman–Crippen LogP) is 4.54. The molecule has 1 amide bonds. The first kappa shape index (κ1) is 16.8. The quantitative estimate of drug-likeness (QED) is 0.675. The Balaban J connectivity index is 1.77. The summed E-state index contributed by atoms with van der Waals surface area (Å²) in [7, 11) is 0. The highest BCUT2D eigenvalue weighted by molar-refractivity contribution is 6.35. The minimum atomic E-state index is -0.303. The molecule has 24 heavy (non-hydrogen) atoms. The van der Waals surface area contributed by atoms with E-state index in [1.165, 1.54) is 6.20 Å². The Morgan fingerprint density at radius 1 is 1.12 bits per heavy atom. The molecule has 2 aromatic heterocycles. The summed E-state index contributed by atoms with van der Waals surface area (Å²) in [6, 6.07) is 10.1. The monoisotopic (exact) mass is 380 g/mol. The fourth-order valence-electron chi connectivity index (χ4n) is 2.07. The second-order valence-corrected chi connectivity index (χ2v) is 6.16. The van der Waals surface area contributed by atoms with Gasteiger partial charge >= 0.3 is 0 Å². The average molecular weight is 382 g/mol. The summed E-state index contributed by atoms with van der Waals surface area (Å²) in [5, 5.41) is 8.43. The van der Waals surface area contributed by atoms with E-state index in [1.807, 2.05) is 6.07 Å². The Morgan fingerprint density at radius 2 is 1.96 bits per heavy atom. The van der Waals surface area contributed by atoms with Crippen LogP contribution in [0.3, 0.4) is 0 Å². The molecule has 3 rings (SSSR count). The molecule has 0 spiro atoms. The van der Waals surface area contributed by atoms with E-state index < -0.39 is 0 Å². The molecule has 8 heteroatoms. The van der Waals surface area contributed by atoms with Gasteiger partial charge in [0.15, 0.2) is 0 Å². The van der Waals surface area contributed by atoms with Gasteiger partial charge in [-0.1, -0.05) is 40.9 Å². The molecule has 2 heterocycles. The van der Waals surface area contributed by atoms with E-state index in [0.29, 0.717) is 33.1 Å². The molecule has 0 bridgehead atoms. The number of benzene rings is 1. The maximum absolute atomic E-state index is 12.3. The fraction of sp³-hybridized carbons (Fsp3) is 0.0625. The second kappa shape index (κ2) is 7.21. The van der Waals surface area contributed by atoms with E-state index in [2.05, 4.69) is 15.4 Å². The highest BCUT2D eigenvalue weighted by atomic mass is 35.5. The normalized spacial score (nSPS) is 10.6. The van der Waals surface area contributed by atoms with Crippen molar-refractivity contribution in [2.24, 2.45) is 0 Å². The van der Waals surface area contributed by atoms with Gasteiger partial charge in [0.2, 0.25) is 0 Å². The van der Waals surface area contributed by atoms with E-state index in [0.717, 1.165) is 5.56 Å². The van der Waals surface area contributed by atoms with Crippen molar-refractivity contribution >= 4 is 46.5 Å². The molecular weight excluding hydrogens is 371 g/mol. The third kappa shape index (κ3) is 3.87. The van der Waals surface area contributed by atoms with Gasteiger partial charge in [-0.05, 0) is 29.8 Å². The van der Waals surface area contributed by atoms with Crippen molar-refractivity contribution in [2.75, 3.05) is 5.32 Å². The molecule has 0 aliphatic rings. The van der Waals surface area contributed by atoms with E-state index in [4.69, 9.17) is 34.8 Å². The van der Waals surface area contributed by atoms with Crippen LogP contribution in [0.2, 0.25) is 15.2 Å². The SMILES string of the molecule is O=C(Nc1ccnn1Cc1ccc(Cl)cc1Cl)c1ccc(Cl)nc1. The van der Waals surface area contributed by atoms with Crippen LogP contribution in [0.4, 0.5) is 5.82 Å². The van der Waals surface area contributed by atoms with Crippen molar-refractivity contribution in [3.05, 3.63) is 75.1 Å². The largest absolute Gasteiger partial charge is 0.307 e. The van der Waals surface area contributed by atoms with Crippen LogP contribution in [-0.2, 0) is 6.54 Å². The standard InChI is InChI=1S/C16H11Cl3N4O/c17-12-3-1-11(13(18)7-12)9-23-15(5-6-21-23)22-16(24)10-2-4-14(19)20-8-10/h1-8H,9H2,(H,22,24). The summed E-state index contributed by atoms with van der Waals surface area (Å²) in [6.07, 6.45) is 3.01. The van der Waals surface area contributed by atoms with Crippen molar-refractivity contribution in [2.45, 2.75) is 6.54 Å². The number of carbonyl (C=O) groups is 1. The van der Waals surface area contributed by atoms with Crippen LogP contribution in [0.5, 0.6) is 0 Å². The first-order valence-electron chi connectivity index (χ1n) is 6.91. The van der Waals surface area contributed by atoms with Crippen LogP contribution in [0, 0.1) is 0 Å². The summed E-state index contributed by atoms with van der Waals surface area (Å²) in [5.41, 5.74) is 1.24. The molecule has 3 aromatic rings. The molecule has 0 saturated carbocycles. The number of halogens is 3. The first-order valence-corrected chi connectivity index (χ1v) is 8.05. The number of anilines is 1. The average Bonchev–Trinajstić information content (AvgIpc) is 2.97. The molecule has 0 radical (unpaired) electrons. The van der Waals surface area contributed by atoms with Crippen molar-refractivity contribution in [3.8, 4) is 0 Å². The molecular formula is C16H11Cl3N4O. The zero-order valence-electron chi connectivity index (χ0n) is 12.2. The third-order valence-corrected chi connectivity index (χ3v) is 4.09. The molecule has 122 valence electrons. The van der Waals surface area contributed by atoms with Gasteiger partial charge < -0.3 is 5.32 Å². The predicted molar refractivity (Wildman–Crippen MR) is 95.0 cm³/mol.